The zero-order valence-corrected chi connectivity index (χ0v) is 16.9. The SMILES string of the molecule is Cn1c(CN2CCCCCC2)nnc1C1CCN(C(=O)c2ccccc2)CC1. The van der Waals surface area contributed by atoms with Crippen molar-refractivity contribution >= 4 is 5.91 Å². The summed E-state index contributed by atoms with van der Waals surface area (Å²) in [6.45, 7) is 4.80. The standard InChI is InChI=1S/C22H31N5O/c1-25-20(17-26-13-7-2-3-8-14-26)23-24-21(25)18-11-15-27(16-12-18)22(28)19-9-5-4-6-10-19/h4-6,9-10,18H,2-3,7-8,11-17H2,1H3. The van der Waals surface area contributed by atoms with Crippen LogP contribution in [0.5, 0.6) is 0 Å². The van der Waals surface area contributed by atoms with Crippen molar-refractivity contribution in [2.24, 2.45) is 7.05 Å². The van der Waals surface area contributed by atoms with Crippen LogP contribution in [0.3, 0.4) is 0 Å². The lowest BCUT2D eigenvalue weighted by molar-refractivity contribution is 0.0710. The van der Waals surface area contributed by atoms with E-state index < -0.39 is 0 Å². The lowest BCUT2D eigenvalue weighted by atomic mass is 9.95. The van der Waals surface area contributed by atoms with E-state index in [1.807, 2.05) is 35.2 Å². The molecular weight excluding hydrogens is 350 g/mol. The average Bonchev–Trinajstić information content (AvgIpc) is 2.93. The minimum atomic E-state index is 0.138. The summed E-state index contributed by atoms with van der Waals surface area (Å²) in [5.41, 5.74) is 0.777. The number of carbonyl (C=O) groups is 1. The third-order valence-corrected chi connectivity index (χ3v) is 6.23. The van der Waals surface area contributed by atoms with Gasteiger partial charge in [0.1, 0.15) is 11.6 Å². The molecule has 2 saturated heterocycles. The van der Waals surface area contributed by atoms with Gasteiger partial charge in [-0.3, -0.25) is 9.69 Å². The molecule has 1 aromatic carbocycles. The number of hydrogen-bond acceptors (Lipinski definition) is 4. The summed E-state index contributed by atoms with van der Waals surface area (Å²) in [5.74, 6) is 2.67. The molecule has 6 nitrogen and oxygen atoms in total. The molecule has 0 bridgehead atoms. The van der Waals surface area contributed by atoms with Gasteiger partial charge in [-0.05, 0) is 50.9 Å². The smallest absolute Gasteiger partial charge is 0.253 e. The molecule has 28 heavy (non-hydrogen) atoms. The summed E-state index contributed by atoms with van der Waals surface area (Å²) >= 11 is 0. The maximum absolute atomic E-state index is 12.7. The number of aromatic nitrogens is 3. The molecule has 1 amide bonds. The van der Waals surface area contributed by atoms with Gasteiger partial charge >= 0.3 is 0 Å². The number of rotatable bonds is 4. The molecule has 2 aliphatic heterocycles. The molecule has 2 aromatic rings. The van der Waals surface area contributed by atoms with E-state index in [2.05, 4.69) is 26.7 Å². The monoisotopic (exact) mass is 381 g/mol. The molecule has 0 unspecified atom stereocenters. The number of likely N-dealkylation sites (tertiary alicyclic amines) is 2. The molecule has 4 rings (SSSR count). The minimum Gasteiger partial charge on any atom is -0.339 e. The van der Waals surface area contributed by atoms with E-state index in [0.717, 1.165) is 49.7 Å². The Labute approximate surface area is 167 Å². The molecule has 0 aliphatic carbocycles. The third-order valence-electron chi connectivity index (χ3n) is 6.23. The summed E-state index contributed by atoms with van der Waals surface area (Å²) in [4.78, 5) is 17.1. The zero-order chi connectivity index (χ0) is 19.3. The molecule has 6 heteroatoms. The number of carbonyl (C=O) groups excluding carboxylic acids is 1. The molecule has 150 valence electrons. The second-order valence-corrected chi connectivity index (χ2v) is 8.16. The van der Waals surface area contributed by atoms with Gasteiger partial charge in [-0.15, -0.1) is 10.2 Å². The predicted octanol–water partition coefficient (Wildman–Crippen LogP) is 3.21. The fraction of sp³-hybridized carbons (Fsp3) is 0.591. The molecule has 0 N–H and O–H groups in total. The Kier molecular flexibility index (Phi) is 6.05. The number of nitrogens with zero attached hydrogens (tertiary/aromatic N) is 5. The van der Waals surface area contributed by atoms with Gasteiger partial charge in [0, 0.05) is 31.6 Å². The Morgan fingerprint density at radius 2 is 1.64 bits per heavy atom. The summed E-state index contributed by atoms with van der Waals surface area (Å²) < 4.78 is 2.20. The molecular formula is C22H31N5O. The van der Waals surface area contributed by atoms with Crippen molar-refractivity contribution in [2.75, 3.05) is 26.2 Å². The van der Waals surface area contributed by atoms with Crippen LogP contribution in [0.25, 0.3) is 0 Å². The van der Waals surface area contributed by atoms with Crippen LogP contribution < -0.4 is 0 Å². The van der Waals surface area contributed by atoms with E-state index >= 15 is 0 Å². The van der Waals surface area contributed by atoms with Gasteiger partial charge in [-0.25, -0.2) is 0 Å². The molecule has 0 saturated carbocycles. The molecule has 0 spiro atoms. The Morgan fingerprint density at radius 1 is 0.964 bits per heavy atom. The van der Waals surface area contributed by atoms with Crippen molar-refractivity contribution in [3.05, 3.63) is 47.5 Å². The summed E-state index contributed by atoms with van der Waals surface area (Å²) in [7, 11) is 2.10. The Morgan fingerprint density at radius 3 is 2.32 bits per heavy atom. The molecule has 0 atom stereocenters. The zero-order valence-electron chi connectivity index (χ0n) is 16.9. The van der Waals surface area contributed by atoms with E-state index in [1.54, 1.807) is 0 Å². The number of hydrogen-bond donors (Lipinski definition) is 0. The first-order valence-electron chi connectivity index (χ1n) is 10.7. The van der Waals surface area contributed by atoms with Crippen LogP contribution in [-0.2, 0) is 13.6 Å². The molecule has 2 aliphatic rings. The highest BCUT2D eigenvalue weighted by Crippen LogP contribution is 2.28. The van der Waals surface area contributed by atoms with E-state index in [1.165, 1.54) is 38.8 Å². The summed E-state index contributed by atoms with van der Waals surface area (Å²) in [5, 5.41) is 9.05. The van der Waals surface area contributed by atoms with Gasteiger partial charge in [0.2, 0.25) is 0 Å². The summed E-state index contributed by atoms with van der Waals surface area (Å²) in [6, 6.07) is 9.58. The van der Waals surface area contributed by atoms with Crippen LogP contribution in [-0.4, -0.2) is 56.7 Å². The van der Waals surface area contributed by atoms with Gasteiger partial charge in [0.05, 0.1) is 6.54 Å². The molecule has 3 heterocycles. The van der Waals surface area contributed by atoms with Gasteiger partial charge in [-0.2, -0.15) is 0 Å². The van der Waals surface area contributed by atoms with E-state index in [0.29, 0.717) is 5.92 Å². The van der Waals surface area contributed by atoms with E-state index in [4.69, 9.17) is 0 Å². The van der Waals surface area contributed by atoms with Crippen molar-refractivity contribution in [1.29, 1.82) is 0 Å². The van der Waals surface area contributed by atoms with Crippen LogP contribution in [0.4, 0.5) is 0 Å². The predicted molar refractivity (Wildman–Crippen MR) is 109 cm³/mol. The van der Waals surface area contributed by atoms with Crippen molar-refractivity contribution in [2.45, 2.75) is 51.0 Å². The van der Waals surface area contributed by atoms with Gasteiger partial charge in [0.25, 0.3) is 5.91 Å². The average molecular weight is 382 g/mol. The topological polar surface area (TPSA) is 54.3 Å². The van der Waals surface area contributed by atoms with E-state index in [9.17, 15) is 4.79 Å². The Bertz CT molecular complexity index is 771. The van der Waals surface area contributed by atoms with Crippen LogP contribution >= 0.6 is 0 Å². The quantitative estimate of drug-likeness (QED) is 0.816. The molecule has 0 radical (unpaired) electrons. The lowest BCUT2D eigenvalue weighted by Crippen LogP contribution is -2.38. The maximum Gasteiger partial charge on any atom is 0.253 e. The first-order valence-corrected chi connectivity index (χ1v) is 10.7. The van der Waals surface area contributed by atoms with Crippen molar-refractivity contribution in [1.82, 2.24) is 24.6 Å². The van der Waals surface area contributed by atoms with Gasteiger partial charge < -0.3 is 9.47 Å². The van der Waals surface area contributed by atoms with Crippen molar-refractivity contribution in [3.8, 4) is 0 Å². The Balaban J connectivity index is 1.36. The van der Waals surface area contributed by atoms with E-state index in [-0.39, 0.29) is 5.91 Å². The highest BCUT2D eigenvalue weighted by atomic mass is 16.2. The number of piperidine rings is 1. The first-order chi connectivity index (χ1) is 13.7. The molecule has 2 fully saturated rings. The van der Waals surface area contributed by atoms with Gasteiger partial charge in [0.15, 0.2) is 0 Å². The number of benzene rings is 1. The highest BCUT2D eigenvalue weighted by molar-refractivity contribution is 5.94. The summed E-state index contributed by atoms with van der Waals surface area (Å²) in [6.07, 6.45) is 7.18. The fourth-order valence-electron chi connectivity index (χ4n) is 4.47. The van der Waals surface area contributed by atoms with Crippen LogP contribution in [0.15, 0.2) is 30.3 Å². The molecule has 1 aromatic heterocycles. The fourth-order valence-corrected chi connectivity index (χ4v) is 4.47. The number of amides is 1. The van der Waals surface area contributed by atoms with Crippen molar-refractivity contribution in [3.63, 3.8) is 0 Å². The Hall–Kier alpha value is -2.21. The second-order valence-electron chi connectivity index (χ2n) is 8.16. The minimum absolute atomic E-state index is 0.138. The first kappa shape index (κ1) is 19.1. The van der Waals surface area contributed by atoms with Crippen LogP contribution in [0, 0.1) is 0 Å². The third kappa shape index (κ3) is 4.27. The second kappa shape index (κ2) is 8.86. The van der Waals surface area contributed by atoms with Crippen LogP contribution in [0.1, 0.15) is 66.4 Å². The highest BCUT2D eigenvalue weighted by Gasteiger charge is 2.28. The largest absolute Gasteiger partial charge is 0.339 e. The maximum atomic E-state index is 12.7. The van der Waals surface area contributed by atoms with Crippen molar-refractivity contribution < 1.29 is 4.79 Å². The lowest BCUT2D eigenvalue weighted by Gasteiger charge is -2.31. The van der Waals surface area contributed by atoms with Gasteiger partial charge in [-0.1, -0.05) is 31.0 Å². The normalized spacial score (nSPS) is 19.5. The van der Waals surface area contributed by atoms with Crippen LogP contribution in [0.2, 0.25) is 0 Å².